The molecule has 2 N–H and O–H groups in total. The van der Waals surface area contributed by atoms with E-state index in [2.05, 4.69) is 27.8 Å². The molecule has 1 aromatic heterocycles. The monoisotopic (exact) mass is 355 g/mol. The number of halogens is 1. The third-order valence-corrected chi connectivity index (χ3v) is 4.36. The molecular formula is C13H10BrNO4S. The van der Waals surface area contributed by atoms with Crippen molar-refractivity contribution in [3.05, 3.63) is 40.2 Å². The molecule has 2 aromatic rings. The van der Waals surface area contributed by atoms with Gasteiger partial charge in [0.15, 0.2) is 0 Å². The molecular weight excluding hydrogens is 346 g/mol. The van der Waals surface area contributed by atoms with Crippen LogP contribution in [0.2, 0.25) is 0 Å². The van der Waals surface area contributed by atoms with Crippen LogP contribution in [0.4, 0.5) is 10.5 Å². The number of amides is 1. The van der Waals surface area contributed by atoms with Crippen molar-refractivity contribution in [1.82, 2.24) is 0 Å². The van der Waals surface area contributed by atoms with Gasteiger partial charge < -0.3 is 9.84 Å². The highest BCUT2D eigenvalue weighted by Gasteiger charge is 2.14. The molecule has 20 heavy (non-hydrogen) atoms. The summed E-state index contributed by atoms with van der Waals surface area (Å²) in [5, 5.41) is 12.3. The molecule has 0 aliphatic carbocycles. The zero-order chi connectivity index (χ0) is 14.7. The minimum Gasteiger partial charge on any atom is -0.477 e. The van der Waals surface area contributed by atoms with E-state index in [1.807, 2.05) is 0 Å². The maximum Gasteiger partial charge on any atom is 0.411 e. The van der Waals surface area contributed by atoms with Gasteiger partial charge in [-0.1, -0.05) is 12.7 Å². The number of hydrogen-bond donors (Lipinski definition) is 2. The number of carbonyl (C=O) groups is 2. The quantitative estimate of drug-likeness (QED) is 0.809. The first-order valence-corrected chi connectivity index (χ1v) is 7.14. The Morgan fingerprint density at radius 2 is 2.25 bits per heavy atom. The Bertz CT molecular complexity index is 695. The SMILES string of the molecule is C=CCOC(=O)Nc1ccc2sc(C(=O)O)cc2c1Br. The maximum atomic E-state index is 11.5. The first-order chi connectivity index (χ1) is 9.52. The number of ether oxygens (including phenoxy) is 1. The van der Waals surface area contributed by atoms with Crippen LogP contribution in [-0.2, 0) is 4.74 Å². The summed E-state index contributed by atoms with van der Waals surface area (Å²) < 4.78 is 6.26. The van der Waals surface area contributed by atoms with Crippen molar-refractivity contribution in [3.63, 3.8) is 0 Å². The molecule has 0 saturated carbocycles. The van der Waals surface area contributed by atoms with E-state index in [0.29, 0.717) is 10.2 Å². The van der Waals surface area contributed by atoms with Crippen molar-refractivity contribution in [2.75, 3.05) is 11.9 Å². The van der Waals surface area contributed by atoms with Crippen LogP contribution in [0.15, 0.2) is 35.3 Å². The number of rotatable bonds is 4. The van der Waals surface area contributed by atoms with Crippen molar-refractivity contribution >= 4 is 55.1 Å². The van der Waals surface area contributed by atoms with Crippen LogP contribution < -0.4 is 5.32 Å². The minimum absolute atomic E-state index is 0.118. The van der Waals surface area contributed by atoms with Crippen molar-refractivity contribution in [3.8, 4) is 0 Å². The van der Waals surface area contributed by atoms with Crippen LogP contribution in [-0.4, -0.2) is 23.8 Å². The number of carbonyl (C=O) groups excluding carboxylic acids is 1. The standard InChI is InChI=1S/C13H10BrNO4S/c1-2-5-19-13(18)15-8-3-4-9-7(11(8)14)6-10(20-9)12(16)17/h2-4,6H,1,5H2,(H,15,18)(H,16,17). The molecule has 0 fully saturated rings. The second kappa shape index (κ2) is 6.06. The van der Waals surface area contributed by atoms with Gasteiger partial charge in [0, 0.05) is 14.6 Å². The fourth-order valence-corrected chi connectivity index (χ4v) is 3.16. The summed E-state index contributed by atoms with van der Waals surface area (Å²) in [6.45, 7) is 3.57. The zero-order valence-electron chi connectivity index (χ0n) is 10.2. The van der Waals surface area contributed by atoms with E-state index >= 15 is 0 Å². The molecule has 104 valence electrons. The lowest BCUT2D eigenvalue weighted by Gasteiger charge is -2.07. The highest BCUT2D eigenvalue weighted by Crippen LogP contribution is 2.36. The lowest BCUT2D eigenvalue weighted by atomic mass is 10.2. The molecule has 0 unspecified atom stereocenters. The van der Waals surface area contributed by atoms with E-state index in [-0.39, 0.29) is 11.5 Å². The Kier molecular flexibility index (Phi) is 4.41. The molecule has 0 atom stereocenters. The Morgan fingerprint density at radius 3 is 2.90 bits per heavy atom. The lowest BCUT2D eigenvalue weighted by Crippen LogP contribution is -2.13. The number of anilines is 1. The van der Waals surface area contributed by atoms with Crippen molar-refractivity contribution in [1.29, 1.82) is 0 Å². The zero-order valence-corrected chi connectivity index (χ0v) is 12.6. The summed E-state index contributed by atoms with van der Waals surface area (Å²) in [7, 11) is 0. The molecule has 1 aromatic carbocycles. The number of aromatic carboxylic acids is 1. The highest BCUT2D eigenvalue weighted by molar-refractivity contribution is 9.10. The van der Waals surface area contributed by atoms with Gasteiger partial charge in [0.05, 0.1) is 5.69 Å². The van der Waals surface area contributed by atoms with Crippen LogP contribution in [0, 0.1) is 0 Å². The Labute approximate surface area is 127 Å². The summed E-state index contributed by atoms with van der Waals surface area (Å²) in [5.41, 5.74) is 0.515. The van der Waals surface area contributed by atoms with E-state index in [9.17, 15) is 9.59 Å². The molecule has 1 amide bonds. The molecule has 0 radical (unpaired) electrons. The van der Waals surface area contributed by atoms with Gasteiger partial charge in [0.1, 0.15) is 11.5 Å². The van der Waals surface area contributed by atoms with Gasteiger partial charge in [-0.25, -0.2) is 9.59 Å². The Hall–Kier alpha value is -1.86. The number of nitrogens with one attached hydrogen (secondary N) is 1. The predicted molar refractivity (Wildman–Crippen MR) is 81.7 cm³/mol. The number of fused-ring (bicyclic) bond motifs is 1. The number of carboxylic acids is 1. The fourth-order valence-electron chi connectivity index (χ4n) is 1.56. The van der Waals surface area contributed by atoms with Gasteiger partial charge in [-0.15, -0.1) is 11.3 Å². The minimum atomic E-state index is -0.974. The molecule has 1 heterocycles. The Morgan fingerprint density at radius 1 is 1.50 bits per heavy atom. The van der Waals surface area contributed by atoms with Crippen LogP contribution in [0.1, 0.15) is 9.67 Å². The van der Waals surface area contributed by atoms with E-state index in [1.54, 1.807) is 18.2 Å². The smallest absolute Gasteiger partial charge is 0.411 e. The van der Waals surface area contributed by atoms with Gasteiger partial charge in [-0.3, -0.25) is 5.32 Å². The average Bonchev–Trinajstić information content (AvgIpc) is 2.85. The Balaban J connectivity index is 2.31. The van der Waals surface area contributed by atoms with E-state index in [1.165, 1.54) is 17.4 Å². The summed E-state index contributed by atoms with van der Waals surface area (Å²) in [5.74, 6) is -0.974. The van der Waals surface area contributed by atoms with Gasteiger partial charge >= 0.3 is 12.1 Å². The molecule has 0 bridgehead atoms. The highest BCUT2D eigenvalue weighted by atomic mass is 79.9. The maximum absolute atomic E-state index is 11.5. The first-order valence-electron chi connectivity index (χ1n) is 5.53. The second-order valence-electron chi connectivity index (χ2n) is 3.77. The topological polar surface area (TPSA) is 75.6 Å². The van der Waals surface area contributed by atoms with Crippen molar-refractivity contribution in [2.45, 2.75) is 0 Å². The molecule has 0 saturated heterocycles. The largest absolute Gasteiger partial charge is 0.477 e. The molecule has 2 rings (SSSR count). The first kappa shape index (κ1) is 14.5. The van der Waals surface area contributed by atoms with Gasteiger partial charge in [0.2, 0.25) is 0 Å². The summed E-state index contributed by atoms with van der Waals surface area (Å²) in [4.78, 5) is 22.7. The number of benzene rings is 1. The molecule has 5 nitrogen and oxygen atoms in total. The van der Waals surface area contributed by atoms with Crippen molar-refractivity contribution < 1.29 is 19.4 Å². The van der Waals surface area contributed by atoms with E-state index in [4.69, 9.17) is 9.84 Å². The van der Waals surface area contributed by atoms with Crippen LogP contribution in [0.5, 0.6) is 0 Å². The second-order valence-corrected chi connectivity index (χ2v) is 5.64. The lowest BCUT2D eigenvalue weighted by molar-refractivity contribution is 0.0702. The number of carboxylic acid groups (broad SMARTS) is 1. The number of thiophene rings is 1. The third kappa shape index (κ3) is 3.00. The van der Waals surface area contributed by atoms with Crippen LogP contribution >= 0.6 is 27.3 Å². The molecule has 7 heteroatoms. The summed E-state index contributed by atoms with van der Waals surface area (Å²) in [6, 6.07) is 5.00. The fraction of sp³-hybridized carbons (Fsp3) is 0.0769. The summed E-state index contributed by atoms with van der Waals surface area (Å²) >= 11 is 4.54. The average molecular weight is 356 g/mol. The van der Waals surface area contributed by atoms with E-state index in [0.717, 1.165) is 10.1 Å². The molecule has 0 aliphatic heterocycles. The number of hydrogen-bond acceptors (Lipinski definition) is 4. The van der Waals surface area contributed by atoms with Gasteiger partial charge in [0.25, 0.3) is 0 Å². The van der Waals surface area contributed by atoms with Crippen molar-refractivity contribution in [2.24, 2.45) is 0 Å². The third-order valence-electron chi connectivity index (χ3n) is 2.41. The predicted octanol–water partition coefficient (Wildman–Crippen LogP) is 4.10. The molecule has 0 spiro atoms. The molecule has 0 aliphatic rings. The van der Waals surface area contributed by atoms with Gasteiger partial charge in [-0.05, 0) is 34.1 Å². The van der Waals surface area contributed by atoms with Gasteiger partial charge in [-0.2, -0.15) is 0 Å². The normalized spacial score (nSPS) is 10.2. The summed E-state index contributed by atoms with van der Waals surface area (Å²) in [6.07, 6.45) is 0.870. The van der Waals surface area contributed by atoms with E-state index < -0.39 is 12.1 Å². The van der Waals surface area contributed by atoms with Crippen LogP contribution in [0.3, 0.4) is 0 Å². The van der Waals surface area contributed by atoms with Crippen LogP contribution in [0.25, 0.3) is 10.1 Å².